The lowest BCUT2D eigenvalue weighted by atomic mass is 10.1. The van der Waals surface area contributed by atoms with E-state index in [-0.39, 0.29) is 11.8 Å². The zero-order valence-corrected chi connectivity index (χ0v) is 11.8. The second-order valence-electron chi connectivity index (χ2n) is 5.45. The first-order chi connectivity index (χ1) is 7.67. The quantitative estimate of drug-likeness (QED) is 0.754. The van der Waals surface area contributed by atoms with Gasteiger partial charge in [-0.05, 0) is 34.1 Å². The molecule has 0 aromatic carbocycles. The lowest BCUT2D eigenvalue weighted by molar-refractivity contribution is -0.158. The van der Waals surface area contributed by atoms with Gasteiger partial charge in [-0.1, -0.05) is 20.3 Å². The average Bonchev–Trinajstić information content (AvgIpc) is 2.15. The summed E-state index contributed by atoms with van der Waals surface area (Å²) >= 11 is 0. The van der Waals surface area contributed by atoms with Crippen LogP contribution in [-0.4, -0.2) is 23.5 Å². The normalized spacial score (nSPS) is 14.9. The molecule has 0 fully saturated rings. The Hall–Kier alpha value is -1.06. The van der Waals surface area contributed by atoms with E-state index < -0.39 is 17.6 Å². The van der Waals surface area contributed by atoms with Gasteiger partial charge in [0.05, 0.1) is 0 Å². The Balaban J connectivity index is 4.21. The summed E-state index contributed by atoms with van der Waals surface area (Å²) in [7, 11) is 0. The Morgan fingerprint density at radius 1 is 1.24 bits per heavy atom. The number of hydrogen-bond donors (Lipinski definition) is 1. The van der Waals surface area contributed by atoms with E-state index in [9.17, 15) is 9.59 Å². The van der Waals surface area contributed by atoms with Crippen LogP contribution in [0.2, 0.25) is 0 Å². The molecule has 0 aliphatic heterocycles. The van der Waals surface area contributed by atoms with E-state index in [0.717, 1.165) is 12.8 Å². The van der Waals surface area contributed by atoms with Crippen LogP contribution in [0.1, 0.15) is 54.4 Å². The predicted octanol–water partition coefficient (Wildman–Crippen LogP) is 2.27. The number of esters is 1. The molecule has 0 radical (unpaired) electrons. The van der Waals surface area contributed by atoms with Crippen molar-refractivity contribution in [2.24, 2.45) is 5.92 Å². The van der Waals surface area contributed by atoms with E-state index in [1.807, 2.05) is 13.8 Å². The van der Waals surface area contributed by atoms with Crippen LogP contribution in [0.5, 0.6) is 0 Å². The molecule has 1 N–H and O–H groups in total. The highest BCUT2D eigenvalue weighted by atomic mass is 16.6. The fourth-order valence-corrected chi connectivity index (χ4v) is 1.37. The Bertz CT molecular complexity index is 268. The van der Waals surface area contributed by atoms with Crippen LogP contribution in [0.3, 0.4) is 0 Å². The van der Waals surface area contributed by atoms with Crippen molar-refractivity contribution in [3.8, 4) is 0 Å². The van der Waals surface area contributed by atoms with Crippen LogP contribution in [0.4, 0.5) is 0 Å². The second-order valence-corrected chi connectivity index (χ2v) is 5.45. The molecule has 2 atom stereocenters. The molecule has 0 aliphatic rings. The van der Waals surface area contributed by atoms with Gasteiger partial charge in [0.15, 0.2) is 0 Å². The number of ether oxygens (including phenoxy) is 1. The van der Waals surface area contributed by atoms with E-state index >= 15 is 0 Å². The Morgan fingerprint density at radius 2 is 1.76 bits per heavy atom. The first-order valence-electron chi connectivity index (χ1n) is 6.20. The van der Waals surface area contributed by atoms with E-state index in [0.29, 0.717) is 0 Å². The minimum absolute atomic E-state index is 0.0649. The summed E-state index contributed by atoms with van der Waals surface area (Å²) in [5.41, 5.74) is -0.523. The van der Waals surface area contributed by atoms with Crippen molar-refractivity contribution in [2.75, 3.05) is 0 Å². The Labute approximate surface area is 104 Å². The van der Waals surface area contributed by atoms with Crippen LogP contribution in [0, 0.1) is 5.92 Å². The van der Waals surface area contributed by atoms with Gasteiger partial charge in [0.1, 0.15) is 11.6 Å². The van der Waals surface area contributed by atoms with Crippen LogP contribution in [-0.2, 0) is 14.3 Å². The van der Waals surface area contributed by atoms with Crippen molar-refractivity contribution in [1.29, 1.82) is 0 Å². The van der Waals surface area contributed by atoms with Gasteiger partial charge in [-0.25, -0.2) is 4.79 Å². The summed E-state index contributed by atoms with van der Waals surface area (Å²) in [5, 5.41) is 2.67. The maximum absolute atomic E-state index is 11.7. The van der Waals surface area contributed by atoms with Gasteiger partial charge in [0.2, 0.25) is 5.91 Å². The first-order valence-corrected chi connectivity index (χ1v) is 6.20. The van der Waals surface area contributed by atoms with E-state index in [1.54, 1.807) is 27.7 Å². The number of hydrogen-bond acceptors (Lipinski definition) is 3. The summed E-state index contributed by atoms with van der Waals surface area (Å²) < 4.78 is 5.19. The molecule has 0 saturated carbocycles. The minimum Gasteiger partial charge on any atom is -0.458 e. The van der Waals surface area contributed by atoms with E-state index in [1.165, 1.54) is 0 Å². The smallest absolute Gasteiger partial charge is 0.328 e. The minimum atomic E-state index is -0.596. The van der Waals surface area contributed by atoms with Gasteiger partial charge in [-0.2, -0.15) is 0 Å². The monoisotopic (exact) mass is 243 g/mol. The molecular formula is C13H25NO3. The van der Waals surface area contributed by atoms with Crippen molar-refractivity contribution in [2.45, 2.75) is 66.0 Å². The first kappa shape index (κ1) is 15.9. The predicted molar refractivity (Wildman–Crippen MR) is 67.5 cm³/mol. The molecule has 0 aromatic rings. The zero-order chi connectivity index (χ0) is 13.6. The summed E-state index contributed by atoms with van der Waals surface area (Å²) in [4.78, 5) is 23.3. The van der Waals surface area contributed by atoms with Crippen molar-refractivity contribution in [3.63, 3.8) is 0 Å². The molecule has 1 amide bonds. The van der Waals surface area contributed by atoms with Crippen molar-refractivity contribution in [1.82, 2.24) is 5.32 Å². The van der Waals surface area contributed by atoms with Gasteiger partial charge in [0, 0.05) is 5.92 Å². The van der Waals surface area contributed by atoms with Crippen LogP contribution < -0.4 is 5.32 Å². The molecule has 1 unspecified atom stereocenters. The number of carbonyl (C=O) groups excluding carboxylic acids is 2. The molecule has 4 heteroatoms. The Morgan fingerprint density at radius 3 is 2.18 bits per heavy atom. The largest absolute Gasteiger partial charge is 0.458 e. The molecule has 0 bridgehead atoms. The topological polar surface area (TPSA) is 55.4 Å². The number of rotatable bonds is 5. The number of carbonyl (C=O) groups is 2. The fraction of sp³-hybridized carbons (Fsp3) is 0.846. The molecule has 0 aliphatic carbocycles. The Kier molecular flexibility index (Phi) is 6.21. The molecule has 0 rings (SSSR count). The summed E-state index contributed by atoms with van der Waals surface area (Å²) in [6.45, 7) is 10.9. The molecule has 0 aromatic heterocycles. The highest BCUT2D eigenvalue weighted by Crippen LogP contribution is 2.09. The highest BCUT2D eigenvalue weighted by molar-refractivity contribution is 5.85. The third-order valence-electron chi connectivity index (χ3n) is 2.29. The van der Waals surface area contributed by atoms with Crippen LogP contribution in [0.25, 0.3) is 0 Å². The highest BCUT2D eigenvalue weighted by Gasteiger charge is 2.24. The SMILES string of the molecule is CCCC(C)C(=O)N[C@@H](C)C(=O)OC(C)(C)C. The van der Waals surface area contributed by atoms with Crippen molar-refractivity contribution in [3.05, 3.63) is 0 Å². The molecule has 17 heavy (non-hydrogen) atoms. The summed E-state index contributed by atoms with van der Waals surface area (Å²) in [6, 6.07) is -0.596. The van der Waals surface area contributed by atoms with Gasteiger partial charge >= 0.3 is 5.97 Å². The van der Waals surface area contributed by atoms with Gasteiger partial charge in [-0.3, -0.25) is 4.79 Å². The summed E-state index contributed by atoms with van der Waals surface area (Å²) in [5.74, 6) is -0.551. The number of nitrogens with one attached hydrogen (secondary N) is 1. The molecule has 0 saturated heterocycles. The summed E-state index contributed by atoms with van der Waals surface area (Å²) in [6.07, 6.45) is 1.78. The van der Waals surface area contributed by atoms with Crippen LogP contribution >= 0.6 is 0 Å². The van der Waals surface area contributed by atoms with Crippen LogP contribution in [0.15, 0.2) is 0 Å². The molecular weight excluding hydrogens is 218 g/mol. The lowest BCUT2D eigenvalue weighted by Crippen LogP contribution is -2.44. The van der Waals surface area contributed by atoms with E-state index in [2.05, 4.69) is 5.32 Å². The maximum atomic E-state index is 11.7. The van der Waals surface area contributed by atoms with Crippen molar-refractivity contribution >= 4 is 11.9 Å². The average molecular weight is 243 g/mol. The maximum Gasteiger partial charge on any atom is 0.328 e. The second kappa shape index (κ2) is 6.62. The van der Waals surface area contributed by atoms with Gasteiger partial charge in [-0.15, -0.1) is 0 Å². The van der Waals surface area contributed by atoms with Crippen molar-refractivity contribution < 1.29 is 14.3 Å². The third kappa shape index (κ3) is 6.97. The van der Waals surface area contributed by atoms with Gasteiger partial charge < -0.3 is 10.1 Å². The number of amides is 1. The molecule has 4 nitrogen and oxygen atoms in total. The fourth-order valence-electron chi connectivity index (χ4n) is 1.37. The molecule has 0 heterocycles. The third-order valence-corrected chi connectivity index (χ3v) is 2.29. The molecule has 100 valence electrons. The van der Waals surface area contributed by atoms with E-state index in [4.69, 9.17) is 4.74 Å². The molecule has 0 spiro atoms. The lowest BCUT2D eigenvalue weighted by Gasteiger charge is -2.23. The van der Waals surface area contributed by atoms with Gasteiger partial charge in [0.25, 0.3) is 0 Å². The standard InChI is InChI=1S/C13H25NO3/c1-7-8-9(2)11(15)14-10(3)12(16)17-13(4,5)6/h9-10H,7-8H2,1-6H3,(H,14,15)/t9?,10-/m0/s1. The zero-order valence-electron chi connectivity index (χ0n) is 11.8.